The molecule has 0 aliphatic heterocycles. The van der Waals surface area contributed by atoms with Gasteiger partial charge in [-0.2, -0.15) is 0 Å². The first-order chi connectivity index (χ1) is 9.60. The summed E-state index contributed by atoms with van der Waals surface area (Å²) in [5.74, 6) is 0.798. The third-order valence-corrected chi connectivity index (χ3v) is 4.84. The number of rotatable bonds is 9. The van der Waals surface area contributed by atoms with E-state index in [0.717, 1.165) is 35.0 Å². The van der Waals surface area contributed by atoms with Gasteiger partial charge in [0.15, 0.2) is 0 Å². The second-order valence-electron chi connectivity index (χ2n) is 5.00. The molecule has 0 radical (unpaired) electrons. The molecule has 1 rings (SSSR count). The van der Waals surface area contributed by atoms with Gasteiger partial charge in [-0.25, -0.2) is 0 Å². The lowest BCUT2D eigenvalue weighted by Crippen LogP contribution is -2.30. The maximum atomic E-state index is 12.3. The van der Waals surface area contributed by atoms with Gasteiger partial charge in [-0.1, -0.05) is 24.9 Å². The van der Waals surface area contributed by atoms with Gasteiger partial charge in [0.25, 0.3) is 0 Å². The zero-order valence-corrected chi connectivity index (χ0v) is 14.0. The van der Waals surface area contributed by atoms with Crippen LogP contribution in [0.1, 0.15) is 44.4 Å². The van der Waals surface area contributed by atoms with Gasteiger partial charge in [-0.15, -0.1) is 11.3 Å². The van der Waals surface area contributed by atoms with Crippen LogP contribution in [0.25, 0.3) is 0 Å². The number of halogens is 1. The molecule has 0 aromatic carbocycles. The quantitative estimate of drug-likeness (QED) is 0.751. The van der Waals surface area contributed by atoms with Crippen molar-refractivity contribution in [2.75, 3.05) is 13.1 Å². The molecule has 1 aromatic rings. The van der Waals surface area contributed by atoms with Crippen LogP contribution in [0, 0.1) is 5.92 Å². The van der Waals surface area contributed by atoms with Crippen LogP contribution in [-0.2, 0) is 11.3 Å². The first-order valence-corrected chi connectivity index (χ1v) is 8.52. The number of nitrogens with two attached hydrogens (primary N) is 1. The topological polar surface area (TPSA) is 46.3 Å². The molecule has 0 bridgehead atoms. The van der Waals surface area contributed by atoms with Crippen LogP contribution in [0.3, 0.4) is 0 Å². The van der Waals surface area contributed by atoms with Crippen molar-refractivity contribution in [1.29, 1.82) is 0 Å². The SMILES string of the molecule is CCC(CCN)CCC(=O)N(CC)Cc1ccc(Cl)s1. The van der Waals surface area contributed by atoms with E-state index >= 15 is 0 Å². The minimum atomic E-state index is 0.229. The average Bonchev–Trinajstić information content (AvgIpc) is 2.85. The Kier molecular flexibility index (Phi) is 8.19. The zero-order valence-electron chi connectivity index (χ0n) is 12.4. The summed E-state index contributed by atoms with van der Waals surface area (Å²) in [5.41, 5.74) is 5.60. The predicted molar refractivity (Wildman–Crippen MR) is 87.1 cm³/mol. The molecular formula is C15H25ClN2OS. The lowest BCUT2D eigenvalue weighted by atomic mass is 9.96. The third-order valence-electron chi connectivity index (χ3n) is 3.63. The molecule has 0 saturated carbocycles. The Morgan fingerprint density at radius 2 is 2.15 bits per heavy atom. The van der Waals surface area contributed by atoms with E-state index in [1.807, 2.05) is 24.0 Å². The van der Waals surface area contributed by atoms with Crippen LogP contribution in [0.15, 0.2) is 12.1 Å². The van der Waals surface area contributed by atoms with Gasteiger partial charge in [0, 0.05) is 17.8 Å². The summed E-state index contributed by atoms with van der Waals surface area (Å²) in [6.07, 6.45) is 3.66. The Bertz CT molecular complexity index is 408. The van der Waals surface area contributed by atoms with E-state index in [2.05, 4.69) is 6.92 Å². The van der Waals surface area contributed by atoms with Gasteiger partial charge in [0.05, 0.1) is 10.9 Å². The lowest BCUT2D eigenvalue weighted by Gasteiger charge is -2.21. The number of amides is 1. The van der Waals surface area contributed by atoms with Crippen molar-refractivity contribution < 1.29 is 4.79 Å². The molecule has 1 unspecified atom stereocenters. The molecule has 0 aliphatic carbocycles. The Morgan fingerprint density at radius 1 is 1.40 bits per heavy atom. The molecule has 20 heavy (non-hydrogen) atoms. The van der Waals surface area contributed by atoms with Gasteiger partial charge in [0.1, 0.15) is 0 Å². The molecule has 2 N–H and O–H groups in total. The van der Waals surface area contributed by atoms with E-state index in [4.69, 9.17) is 17.3 Å². The molecule has 114 valence electrons. The molecular weight excluding hydrogens is 292 g/mol. The molecule has 3 nitrogen and oxygen atoms in total. The van der Waals surface area contributed by atoms with Crippen molar-refractivity contribution in [2.45, 2.75) is 46.1 Å². The van der Waals surface area contributed by atoms with Crippen molar-refractivity contribution in [3.8, 4) is 0 Å². The van der Waals surface area contributed by atoms with E-state index in [-0.39, 0.29) is 5.91 Å². The van der Waals surface area contributed by atoms with Crippen LogP contribution in [0.2, 0.25) is 4.34 Å². The fourth-order valence-corrected chi connectivity index (χ4v) is 3.38. The van der Waals surface area contributed by atoms with Gasteiger partial charge < -0.3 is 10.6 Å². The highest BCUT2D eigenvalue weighted by atomic mass is 35.5. The molecule has 0 saturated heterocycles. The standard InChI is InChI=1S/C15H25ClN2OS/c1-3-12(9-10-17)5-8-15(19)18(4-2)11-13-6-7-14(16)20-13/h6-7,12H,3-5,8-11,17H2,1-2H3. The molecule has 1 atom stereocenters. The molecule has 1 aromatic heterocycles. The van der Waals surface area contributed by atoms with Gasteiger partial charge in [0.2, 0.25) is 5.91 Å². The maximum absolute atomic E-state index is 12.3. The summed E-state index contributed by atoms with van der Waals surface area (Å²) in [5, 5.41) is 0. The van der Waals surface area contributed by atoms with Crippen LogP contribution in [0.4, 0.5) is 0 Å². The molecule has 1 amide bonds. The minimum absolute atomic E-state index is 0.229. The van der Waals surface area contributed by atoms with Crippen LogP contribution in [-0.4, -0.2) is 23.9 Å². The normalized spacial score (nSPS) is 12.4. The second kappa shape index (κ2) is 9.37. The summed E-state index contributed by atoms with van der Waals surface area (Å²) in [6.45, 7) is 6.29. The smallest absolute Gasteiger partial charge is 0.222 e. The third kappa shape index (κ3) is 5.81. The maximum Gasteiger partial charge on any atom is 0.222 e. The summed E-state index contributed by atoms with van der Waals surface area (Å²) in [4.78, 5) is 15.3. The molecule has 5 heteroatoms. The van der Waals surface area contributed by atoms with Crippen LogP contribution >= 0.6 is 22.9 Å². The van der Waals surface area contributed by atoms with E-state index in [9.17, 15) is 4.79 Å². The largest absolute Gasteiger partial charge is 0.338 e. The Labute approximate surface area is 131 Å². The monoisotopic (exact) mass is 316 g/mol. The molecule has 0 aliphatic rings. The summed E-state index contributed by atoms with van der Waals surface area (Å²) < 4.78 is 0.775. The Balaban J connectivity index is 2.46. The first-order valence-electron chi connectivity index (χ1n) is 7.32. The van der Waals surface area contributed by atoms with Crippen LogP contribution < -0.4 is 5.73 Å². The van der Waals surface area contributed by atoms with E-state index < -0.39 is 0 Å². The fraction of sp³-hybridized carbons (Fsp3) is 0.667. The van der Waals surface area contributed by atoms with Crippen molar-refractivity contribution in [2.24, 2.45) is 11.7 Å². The first kappa shape index (κ1) is 17.5. The van der Waals surface area contributed by atoms with E-state index in [0.29, 0.717) is 25.4 Å². The Hall–Kier alpha value is -0.580. The number of hydrogen-bond acceptors (Lipinski definition) is 3. The minimum Gasteiger partial charge on any atom is -0.338 e. The number of thiophene rings is 1. The van der Waals surface area contributed by atoms with E-state index in [1.54, 1.807) is 11.3 Å². The van der Waals surface area contributed by atoms with Gasteiger partial charge in [-0.05, 0) is 44.4 Å². The average molecular weight is 317 g/mol. The van der Waals surface area contributed by atoms with Crippen LogP contribution in [0.5, 0.6) is 0 Å². The van der Waals surface area contributed by atoms with E-state index in [1.165, 1.54) is 0 Å². The number of nitrogens with zero attached hydrogens (tertiary/aromatic N) is 1. The highest BCUT2D eigenvalue weighted by Crippen LogP contribution is 2.23. The zero-order chi connectivity index (χ0) is 15.0. The molecule has 1 heterocycles. The fourth-order valence-electron chi connectivity index (χ4n) is 2.28. The highest BCUT2D eigenvalue weighted by molar-refractivity contribution is 7.16. The second-order valence-corrected chi connectivity index (χ2v) is 6.80. The predicted octanol–water partition coefficient (Wildman–Crippen LogP) is 3.91. The summed E-state index contributed by atoms with van der Waals surface area (Å²) in [7, 11) is 0. The van der Waals surface area contributed by atoms with Crippen molar-refractivity contribution in [3.63, 3.8) is 0 Å². The van der Waals surface area contributed by atoms with Crippen molar-refractivity contribution in [1.82, 2.24) is 4.90 Å². The summed E-state index contributed by atoms with van der Waals surface area (Å²) >= 11 is 7.47. The highest BCUT2D eigenvalue weighted by Gasteiger charge is 2.15. The number of hydrogen-bond donors (Lipinski definition) is 1. The van der Waals surface area contributed by atoms with Crippen molar-refractivity contribution in [3.05, 3.63) is 21.3 Å². The molecule has 0 fully saturated rings. The van der Waals surface area contributed by atoms with Gasteiger partial charge in [-0.3, -0.25) is 4.79 Å². The van der Waals surface area contributed by atoms with Crippen molar-refractivity contribution >= 4 is 28.8 Å². The lowest BCUT2D eigenvalue weighted by molar-refractivity contribution is -0.131. The Morgan fingerprint density at radius 3 is 2.65 bits per heavy atom. The van der Waals surface area contributed by atoms with Gasteiger partial charge >= 0.3 is 0 Å². The number of carbonyl (C=O) groups excluding carboxylic acids is 1. The number of carbonyl (C=O) groups is 1. The molecule has 0 spiro atoms. The summed E-state index contributed by atoms with van der Waals surface area (Å²) in [6, 6.07) is 3.88.